The molecule has 1 aromatic heterocycles. The van der Waals surface area contributed by atoms with E-state index in [9.17, 15) is 24.0 Å². The second kappa shape index (κ2) is 8.70. The highest BCUT2D eigenvalue weighted by atomic mass is 16.5. The minimum absolute atomic E-state index is 0.0593. The molecule has 0 radical (unpaired) electrons. The summed E-state index contributed by atoms with van der Waals surface area (Å²) in [6.45, 7) is 3.16. The Morgan fingerprint density at radius 2 is 1.70 bits per heavy atom. The number of nitrogens with zero attached hydrogens (tertiary/aromatic N) is 1. The Balaban J connectivity index is 1.49. The Morgan fingerprint density at radius 3 is 2.33 bits per heavy atom. The molecule has 1 aliphatic rings. The van der Waals surface area contributed by atoms with Gasteiger partial charge in [-0.15, -0.1) is 0 Å². The van der Waals surface area contributed by atoms with E-state index in [0.717, 1.165) is 4.90 Å². The fourth-order valence-electron chi connectivity index (χ4n) is 3.39. The van der Waals surface area contributed by atoms with Crippen molar-refractivity contribution < 1.29 is 28.3 Å². The van der Waals surface area contributed by atoms with Gasteiger partial charge in [0.05, 0.1) is 11.1 Å². The van der Waals surface area contributed by atoms with Crippen molar-refractivity contribution in [1.82, 2.24) is 10.2 Å². The fourth-order valence-corrected chi connectivity index (χ4v) is 3.39. The van der Waals surface area contributed by atoms with Gasteiger partial charge in [-0.1, -0.05) is 19.1 Å². The summed E-state index contributed by atoms with van der Waals surface area (Å²) in [5.74, 6) is -2.45. The van der Waals surface area contributed by atoms with E-state index < -0.39 is 35.9 Å². The Hall–Kier alpha value is -4.27. The molecule has 0 spiro atoms. The van der Waals surface area contributed by atoms with Crippen LogP contribution in [0.2, 0.25) is 0 Å². The number of imide groups is 1. The van der Waals surface area contributed by atoms with Gasteiger partial charge < -0.3 is 14.5 Å². The number of carbonyl (C=O) groups is 4. The number of esters is 1. The number of fused-ring (bicyclic) bond motifs is 2. The number of hydrogen-bond acceptors (Lipinski definition) is 7. The molecule has 3 aromatic rings. The van der Waals surface area contributed by atoms with E-state index in [1.807, 2.05) is 13.8 Å². The maximum atomic E-state index is 12.4. The largest absolute Gasteiger partial charge is 0.425 e. The Labute approximate surface area is 187 Å². The van der Waals surface area contributed by atoms with Gasteiger partial charge in [0, 0.05) is 17.5 Å². The molecule has 168 valence electrons. The molecule has 0 saturated heterocycles. The average Bonchev–Trinajstić information content (AvgIpc) is 3.03. The van der Waals surface area contributed by atoms with Crippen molar-refractivity contribution in [3.8, 4) is 5.75 Å². The van der Waals surface area contributed by atoms with Crippen LogP contribution in [0.1, 0.15) is 51.3 Å². The molecular formula is C24H20N2O7. The normalized spacial score (nSPS) is 13.7. The molecule has 1 atom stereocenters. The molecule has 1 aliphatic heterocycles. The van der Waals surface area contributed by atoms with Crippen LogP contribution in [-0.4, -0.2) is 41.2 Å². The van der Waals surface area contributed by atoms with Crippen LogP contribution in [0.25, 0.3) is 11.0 Å². The van der Waals surface area contributed by atoms with E-state index in [4.69, 9.17) is 9.15 Å². The first kappa shape index (κ1) is 21.9. The van der Waals surface area contributed by atoms with Gasteiger partial charge in [0.25, 0.3) is 17.7 Å². The minimum atomic E-state index is -0.837. The van der Waals surface area contributed by atoms with E-state index in [1.165, 1.54) is 36.4 Å². The zero-order chi connectivity index (χ0) is 23.7. The molecule has 4 rings (SSSR count). The lowest BCUT2D eigenvalue weighted by molar-refractivity contribution is -0.134. The van der Waals surface area contributed by atoms with Crippen LogP contribution in [0.15, 0.2) is 57.7 Å². The summed E-state index contributed by atoms with van der Waals surface area (Å²) in [4.78, 5) is 62.5. The Bertz CT molecular complexity index is 1320. The van der Waals surface area contributed by atoms with Crippen LogP contribution in [0.4, 0.5) is 0 Å². The van der Waals surface area contributed by atoms with Gasteiger partial charge in [-0.05, 0) is 43.7 Å². The van der Waals surface area contributed by atoms with E-state index in [1.54, 1.807) is 12.1 Å². The second-order valence-corrected chi connectivity index (χ2v) is 7.65. The molecule has 33 heavy (non-hydrogen) atoms. The van der Waals surface area contributed by atoms with Crippen LogP contribution in [0, 0.1) is 0 Å². The topological polar surface area (TPSA) is 123 Å². The number of hydrogen-bond donors (Lipinski definition) is 1. The Kier molecular flexibility index (Phi) is 5.78. The van der Waals surface area contributed by atoms with Gasteiger partial charge >= 0.3 is 11.6 Å². The third-order valence-electron chi connectivity index (χ3n) is 5.34. The van der Waals surface area contributed by atoms with E-state index >= 15 is 0 Å². The highest BCUT2D eigenvalue weighted by Crippen LogP contribution is 2.24. The number of amides is 3. The van der Waals surface area contributed by atoms with Crippen molar-refractivity contribution >= 4 is 34.7 Å². The zero-order valence-electron chi connectivity index (χ0n) is 17.9. The summed E-state index contributed by atoms with van der Waals surface area (Å²) >= 11 is 0. The van der Waals surface area contributed by atoms with Crippen molar-refractivity contribution in [2.24, 2.45) is 0 Å². The molecule has 3 amide bonds. The third kappa shape index (κ3) is 4.25. The second-order valence-electron chi connectivity index (χ2n) is 7.65. The summed E-state index contributed by atoms with van der Waals surface area (Å²) in [5.41, 5.74) is -0.367. The average molecular weight is 448 g/mol. The van der Waals surface area contributed by atoms with Crippen molar-refractivity contribution in [1.29, 1.82) is 0 Å². The molecule has 0 saturated carbocycles. The van der Waals surface area contributed by atoms with Crippen LogP contribution >= 0.6 is 0 Å². The van der Waals surface area contributed by atoms with Gasteiger partial charge in [0.2, 0.25) is 0 Å². The molecular weight excluding hydrogens is 428 g/mol. The number of nitrogens with one attached hydrogen (secondary N) is 1. The van der Waals surface area contributed by atoms with Crippen LogP contribution in [0.3, 0.4) is 0 Å². The number of ether oxygens (including phenoxy) is 1. The molecule has 2 aromatic carbocycles. The van der Waals surface area contributed by atoms with Crippen LogP contribution in [0.5, 0.6) is 5.75 Å². The van der Waals surface area contributed by atoms with Crippen molar-refractivity contribution in [3.63, 3.8) is 0 Å². The maximum Gasteiger partial charge on any atom is 0.349 e. The zero-order valence-corrected chi connectivity index (χ0v) is 17.9. The lowest BCUT2D eigenvalue weighted by Crippen LogP contribution is -2.36. The monoisotopic (exact) mass is 448 g/mol. The van der Waals surface area contributed by atoms with E-state index in [0.29, 0.717) is 11.8 Å². The summed E-state index contributed by atoms with van der Waals surface area (Å²) in [6.07, 6.45) is 0.708. The third-order valence-corrected chi connectivity index (χ3v) is 5.34. The Morgan fingerprint density at radius 1 is 1.03 bits per heavy atom. The molecule has 1 N–H and O–H groups in total. The van der Waals surface area contributed by atoms with Gasteiger partial charge in [-0.3, -0.25) is 19.3 Å². The number of carbonyl (C=O) groups excluding carboxylic acids is 4. The molecule has 9 heteroatoms. The van der Waals surface area contributed by atoms with Gasteiger partial charge in [0.1, 0.15) is 23.4 Å². The summed E-state index contributed by atoms with van der Waals surface area (Å²) in [6, 6.07) is 11.9. The van der Waals surface area contributed by atoms with Crippen molar-refractivity contribution in [3.05, 3.63) is 75.6 Å². The van der Waals surface area contributed by atoms with E-state index in [2.05, 4.69) is 5.32 Å². The van der Waals surface area contributed by atoms with Gasteiger partial charge in [0.15, 0.2) is 0 Å². The lowest BCUT2D eigenvalue weighted by atomic mass is 10.1. The standard InChI is InChI=1S/C24H20N2O7/c1-3-13(2)25-21(28)18-10-14-8-9-15(11-19(14)33-24(18)31)32-20(27)12-26-22(29)16-6-4-5-7-17(16)23(26)30/h4-11,13H,3,12H2,1-2H3,(H,25,28). The first-order valence-electron chi connectivity index (χ1n) is 10.3. The van der Waals surface area contributed by atoms with Crippen molar-refractivity contribution in [2.45, 2.75) is 26.3 Å². The molecule has 1 unspecified atom stereocenters. The van der Waals surface area contributed by atoms with Gasteiger partial charge in [-0.25, -0.2) is 9.59 Å². The van der Waals surface area contributed by atoms with Crippen LogP contribution in [-0.2, 0) is 4.79 Å². The maximum absolute atomic E-state index is 12.4. The summed E-state index contributed by atoms with van der Waals surface area (Å²) < 4.78 is 10.5. The number of rotatable bonds is 6. The molecule has 9 nitrogen and oxygen atoms in total. The highest BCUT2D eigenvalue weighted by molar-refractivity contribution is 6.22. The first-order chi connectivity index (χ1) is 15.8. The molecule has 0 fully saturated rings. The predicted octanol–water partition coefficient (Wildman–Crippen LogP) is 2.52. The number of benzene rings is 2. The fraction of sp³-hybridized carbons (Fsp3) is 0.208. The first-order valence-corrected chi connectivity index (χ1v) is 10.3. The predicted molar refractivity (Wildman–Crippen MR) is 117 cm³/mol. The van der Waals surface area contributed by atoms with E-state index in [-0.39, 0.29) is 34.1 Å². The summed E-state index contributed by atoms with van der Waals surface area (Å²) in [7, 11) is 0. The van der Waals surface area contributed by atoms with Crippen LogP contribution < -0.4 is 15.7 Å². The molecule has 2 heterocycles. The van der Waals surface area contributed by atoms with Crippen molar-refractivity contribution in [2.75, 3.05) is 6.54 Å². The quantitative estimate of drug-likeness (QED) is 0.266. The minimum Gasteiger partial charge on any atom is -0.425 e. The lowest BCUT2D eigenvalue weighted by Gasteiger charge is -2.13. The molecule has 0 bridgehead atoms. The highest BCUT2D eigenvalue weighted by Gasteiger charge is 2.36. The molecule has 0 aliphatic carbocycles. The SMILES string of the molecule is CCC(C)NC(=O)c1cc2ccc(OC(=O)CN3C(=O)c4ccccc4C3=O)cc2oc1=O. The van der Waals surface area contributed by atoms with Gasteiger partial charge in [-0.2, -0.15) is 0 Å². The smallest absolute Gasteiger partial charge is 0.349 e. The summed E-state index contributed by atoms with van der Waals surface area (Å²) in [5, 5.41) is 3.17.